The van der Waals surface area contributed by atoms with E-state index in [0.29, 0.717) is 11.4 Å². The second-order valence-electron chi connectivity index (χ2n) is 3.90. The maximum Gasteiger partial charge on any atom is 0.331 e. The summed E-state index contributed by atoms with van der Waals surface area (Å²) >= 11 is 1.42. The molecular weight excluding hydrogens is 238 g/mol. The van der Waals surface area contributed by atoms with Gasteiger partial charge >= 0.3 is 5.97 Å². The lowest BCUT2D eigenvalue weighted by molar-refractivity contribution is -0.149. The molecule has 17 heavy (non-hydrogen) atoms. The lowest BCUT2D eigenvalue weighted by Gasteiger charge is -2.26. The average Bonchev–Trinajstić information content (AvgIpc) is 2.63. The highest BCUT2D eigenvalue weighted by Gasteiger charge is 2.29. The minimum absolute atomic E-state index is 0.203. The molecule has 0 aliphatic heterocycles. The molecule has 1 atom stereocenters. The summed E-state index contributed by atoms with van der Waals surface area (Å²) in [5.74, 6) is -1.18. The molecule has 0 spiro atoms. The van der Waals surface area contributed by atoms with Crippen molar-refractivity contribution in [3.8, 4) is 0 Å². The number of thiophene rings is 1. The van der Waals surface area contributed by atoms with Gasteiger partial charge in [-0.3, -0.25) is 4.79 Å². The number of hydrogen-bond acceptors (Lipinski definition) is 3. The van der Waals surface area contributed by atoms with Crippen LogP contribution in [0, 0.1) is 6.92 Å². The van der Waals surface area contributed by atoms with Gasteiger partial charge in [-0.05, 0) is 25.5 Å². The van der Waals surface area contributed by atoms with E-state index in [0.717, 1.165) is 11.3 Å². The van der Waals surface area contributed by atoms with Crippen molar-refractivity contribution in [2.45, 2.75) is 33.2 Å². The van der Waals surface area contributed by atoms with Gasteiger partial charge in [-0.2, -0.15) is 0 Å². The standard InChI is InChI=1S/C12H17NO3S/c1-4-7-13(9(3)14)11(12(15)16)10-6-5-8(2)17-10/h5-6,11H,4,7H2,1-3H3,(H,15,16). The Balaban J connectivity index is 3.06. The number of carbonyl (C=O) groups excluding carboxylic acids is 1. The number of carboxylic acids is 1. The quantitative estimate of drug-likeness (QED) is 0.879. The lowest BCUT2D eigenvalue weighted by Crippen LogP contribution is -2.37. The Morgan fingerprint density at radius 2 is 2.12 bits per heavy atom. The Bertz CT molecular complexity index is 414. The first-order chi connectivity index (χ1) is 7.97. The van der Waals surface area contributed by atoms with Crippen molar-refractivity contribution >= 4 is 23.2 Å². The van der Waals surface area contributed by atoms with Gasteiger partial charge in [-0.1, -0.05) is 6.92 Å². The van der Waals surface area contributed by atoms with Crippen LogP contribution in [0.2, 0.25) is 0 Å². The van der Waals surface area contributed by atoms with Crippen LogP contribution in [0.3, 0.4) is 0 Å². The van der Waals surface area contributed by atoms with E-state index in [2.05, 4.69) is 0 Å². The zero-order valence-corrected chi connectivity index (χ0v) is 11.1. The SMILES string of the molecule is CCCN(C(C)=O)C(C(=O)O)c1ccc(C)s1. The van der Waals surface area contributed by atoms with Gasteiger partial charge in [0.2, 0.25) is 5.91 Å². The van der Waals surface area contributed by atoms with Crippen molar-refractivity contribution in [3.05, 3.63) is 21.9 Å². The fourth-order valence-corrected chi connectivity index (χ4v) is 2.70. The smallest absolute Gasteiger partial charge is 0.331 e. The van der Waals surface area contributed by atoms with Crippen molar-refractivity contribution in [2.75, 3.05) is 6.54 Å². The lowest BCUT2D eigenvalue weighted by atomic mass is 10.2. The molecular formula is C12H17NO3S. The fourth-order valence-electron chi connectivity index (χ4n) is 1.72. The summed E-state index contributed by atoms with van der Waals surface area (Å²) in [4.78, 5) is 26.0. The summed E-state index contributed by atoms with van der Waals surface area (Å²) < 4.78 is 0. The highest BCUT2D eigenvalue weighted by Crippen LogP contribution is 2.28. The summed E-state index contributed by atoms with van der Waals surface area (Å²) in [6.45, 7) is 5.72. The molecule has 1 aromatic heterocycles. The van der Waals surface area contributed by atoms with E-state index in [1.807, 2.05) is 19.9 Å². The van der Waals surface area contributed by atoms with E-state index >= 15 is 0 Å². The molecule has 0 aliphatic rings. The highest BCUT2D eigenvalue weighted by molar-refractivity contribution is 7.12. The third-order valence-electron chi connectivity index (χ3n) is 2.45. The first-order valence-electron chi connectivity index (χ1n) is 5.53. The molecule has 0 fully saturated rings. The average molecular weight is 255 g/mol. The largest absolute Gasteiger partial charge is 0.479 e. The van der Waals surface area contributed by atoms with Gasteiger partial charge in [-0.25, -0.2) is 4.79 Å². The topological polar surface area (TPSA) is 57.6 Å². The summed E-state index contributed by atoms with van der Waals surface area (Å²) in [5.41, 5.74) is 0. The molecule has 0 radical (unpaired) electrons. The van der Waals surface area contributed by atoms with Gasteiger partial charge in [0.1, 0.15) is 0 Å². The van der Waals surface area contributed by atoms with Gasteiger partial charge < -0.3 is 10.0 Å². The second kappa shape index (κ2) is 5.82. The minimum atomic E-state index is -0.976. The molecule has 1 aromatic rings. The number of rotatable bonds is 5. The van der Waals surface area contributed by atoms with Crippen LogP contribution in [0.1, 0.15) is 36.1 Å². The van der Waals surface area contributed by atoms with E-state index in [9.17, 15) is 14.7 Å². The van der Waals surface area contributed by atoms with E-state index in [1.54, 1.807) is 6.07 Å². The third-order valence-corrected chi connectivity index (χ3v) is 3.50. The van der Waals surface area contributed by atoms with Crippen LogP contribution in [0.4, 0.5) is 0 Å². The van der Waals surface area contributed by atoms with Crippen LogP contribution in [0.15, 0.2) is 12.1 Å². The van der Waals surface area contributed by atoms with Crippen molar-refractivity contribution < 1.29 is 14.7 Å². The Morgan fingerprint density at radius 1 is 1.47 bits per heavy atom. The fraction of sp³-hybridized carbons (Fsp3) is 0.500. The zero-order valence-electron chi connectivity index (χ0n) is 10.3. The Labute approximate surface area is 105 Å². The molecule has 1 amide bonds. The maximum atomic E-state index is 11.5. The van der Waals surface area contributed by atoms with Gasteiger partial charge in [0.05, 0.1) is 0 Å². The summed E-state index contributed by atoms with van der Waals surface area (Å²) in [7, 11) is 0. The third kappa shape index (κ3) is 3.30. The molecule has 0 aromatic carbocycles. The van der Waals surface area contributed by atoms with Crippen LogP contribution in [0.5, 0.6) is 0 Å². The highest BCUT2D eigenvalue weighted by atomic mass is 32.1. The molecule has 0 saturated heterocycles. The molecule has 0 aliphatic carbocycles. The summed E-state index contributed by atoms with van der Waals surface area (Å²) in [5, 5.41) is 9.29. The molecule has 94 valence electrons. The van der Waals surface area contributed by atoms with E-state index in [4.69, 9.17) is 0 Å². The number of hydrogen-bond donors (Lipinski definition) is 1. The van der Waals surface area contributed by atoms with Gasteiger partial charge in [0, 0.05) is 23.2 Å². The van der Waals surface area contributed by atoms with Crippen LogP contribution >= 0.6 is 11.3 Å². The summed E-state index contributed by atoms with van der Waals surface area (Å²) in [6, 6.07) is 2.80. The van der Waals surface area contributed by atoms with Crippen LogP contribution < -0.4 is 0 Å². The minimum Gasteiger partial charge on any atom is -0.479 e. The number of amides is 1. The maximum absolute atomic E-state index is 11.5. The Kier molecular flexibility index (Phi) is 4.69. The Morgan fingerprint density at radius 3 is 2.47 bits per heavy atom. The first-order valence-corrected chi connectivity index (χ1v) is 6.35. The zero-order chi connectivity index (χ0) is 13.0. The Hall–Kier alpha value is -1.36. The first kappa shape index (κ1) is 13.7. The predicted octanol–water partition coefficient (Wildman–Crippen LogP) is 2.44. The predicted molar refractivity (Wildman–Crippen MR) is 67.1 cm³/mol. The van der Waals surface area contributed by atoms with Crippen molar-refractivity contribution in [3.63, 3.8) is 0 Å². The van der Waals surface area contributed by atoms with Crippen LogP contribution in [0.25, 0.3) is 0 Å². The molecule has 5 heteroatoms. The van der Waals surface area contributed by atoms with E-state index in [-0.39, 0.29) is 5.91 Å². The molecule has 1 N–H and O–H groups in total. The normalized spacial score (nSPS) is 12.2. The molecule has 1 unspecified atom stereocenters. The number of carboxylic acid groups (broad SMARTS) is 1. The van der Waals surface area contributed by atoms with Gasteiger partial charge in [-0.15, -0.1) is 11.3 Å². The van der Waals surface area contributed by atoms with Gasteiger partial charge in [0.15, 0.2) is 6.04 Å². The number of carbonyl (C=O) groups is 2. The van der Waals surface area contributed by atoms with Crippen molar-refractivity contribution in [1.29, 1.82) is 0 Å². The number of nitrogens with zero attached hydrogens (tertiary/aromatic N) is 1. The van der Waals surface area contributed by atoms with Crippen molar-refractivity contribution in [1.82, 2.24) is 4.90 Å². The van der Waals surface area contributed by atoms with Crippen LogP contribution in [-0.2, 0) is 9.59 Å². The molecule has 0 saturated carbocycles. The summed E-state index contributed by atoms with van der Waals surface area (Å²) in [6.07, 6.45) is 0.744. The molecule has 0 bridgehead atoms. The van der Waals surface area contributed by atoms with E-state index < -0.39 is 12.0 Å². The number of aryl methyl sites for hydroxylation is 1. The molecule has 1 heterocycles. The van der Waals surface area contributed by atoms with Gasteiger partial charge in [0.25, 0.3) is 0 Å². The second-order valence-corrected chi connectivity index (χ2v) is 5.22. The van der Waals surface area contributed by atoms with Crippen molar-refractivity contribution in [2.24, 2.45) is 0 Å². The monoisotopic (exact) mass is 255 g/mol. The van der Waals surface area contributed by atoms with E-state index in [1.165, 1.54) is 23.2 Å². The molecule has 4 nitrogen and oxygen atoms in total. The number of aliphatic carboxylic acids is 1. The molecule has 1 rings (SSSR count). The van der Waals surface area contributed by atoms with Crippen LogP contribution in [-0.4, -0.2) is 28.4 Å².